The smallest absolute Gasteiger partial charge is 0.407 e. The van der Waals surface area contributed by atoms with E-state index < -0.39 is 17.7 Å². The lowest BCUT2D eigenvalue weighted by Crippen LogP contribution is -2.49. The Morgan fingerprint density at radius 2 is 2.06 bits per heavy atom. The van der Waals surface area contributed by atoms with Gasteiger partial charge in [-0.15, -0.1) is 0 Å². The van der Waals surface area contributed by atoms with Crippen LogP contribution in [-0.2, 0) is 4.74 Å². The normalized spacial score (nSPS) is 18.1. The van der Waals surface area contributed by atoms with Crippen molar-refractivity contribution in [2.24, 2.45) is 0 Å². The maximum atomic E-state index is 13.7. The molecule has 4 N–H and O–H groups in total. The highest BCUT2D eigenvalue weighted by Gasteiger charge is 2.36. The number of nitrogens with one attached hydrogen (secondary N) is 2. The second kappa shape index (κ2) is 9.62. The van der Waals surface area contributed by atoms with Gasteiger partial charge >= 0.3 is 6.09 Å². The number of nitriles is 1. The van der Waals surface area contributed by atoms with Gasteiger partial charge in [0.2, 0.25) is 0 Å². The van der Waals surface area contributed by atoms with E-state index in [1.807, 2.05) is 13.0 Å². The number of alkyl carbamates (subject to hydrolysis) is 1. The Hall–Kier alpha value is -3.91. The molecule has 0 unspecified atom stereocenters. The molecule has 1 aromatic carbocycles. The van der Waals surface area contributed by atoms with E-state index in [4.69, 9.17) is 27.1 Å². The Kier molecular flexibility index (Phi) is 6.73. The van der Waals surface area contributed by atoms with Crippen molar-refractivity contribution >= 4 is 40.2 Å². The van der Waals surface area contributed by atoms with Crippen molar-refractivity contribution in [3.63, 3.8) is 0 Å². The molecule has 1 aliphatic rings. The average molecular weight is 511 g/mol. The molecule has 11 nitrogen and oxygen atoms in total. The number of amides is 1. The number of aromatic nitrogens is 4. The second-order valence-electron chi connectivity index (χ2n) is 9.71. The summed E-state index contributed by atoms with van der Waals surface area (Å²) in [5.41, 5.74) is 5.49. The molecule has 1 aliphatic carbocycles. The van der Waals surface area contributed by atoms with Gasteiger partial charge in [-0.3, -0.25) is 9.36 Å². The third-order valence-electron chi connectivity index (χ3n) is 5.83. The van der Waals surface area contributed by atoms with Crippen molar-refractivity contribution in [1.29, 1.82) is 5.26 Å². The van der Waals surface area contributed by atoms with Crippen LogP contribution in [0.4, 0.5) is 16.4 Å². The molecule has 4 rings (SSSR count). The van der Waals surface area contributed by atoms with E-state index in [0.29, 0.717) is 34.6 Å². The van der Waals surface area contributed by atoms with Gasteiger partial charge in [0.15, 0.2) is 0 Å². The number of carbonyl (C=O) groups excluding carboxylic acids is 1. The van der Waals surface area contributed by atoms with Crippen molar-refractivity contribution in [3.8, 4) is 6.07 Å². The maximum absolute atomic E-state index is 13.7. The van der Waals surface area contributed by atoms with E-state index in [0.717, 1.165) is 0 Å². The highest BCUT2D eigenvalue weighted by Crippen LogP contribution is 2.35. The molecule has 1 atom stereocenters. The van der Waals surface area contributed by atoms with Crippen LogP contribution in [0.3, 0.4) is 0 Å². The van der Waals surface area contributed by atoms with E-state index in [-0.39, 0.29) is 34.8 Å². The summed E-state index contributed by atoms with van der Waals surface area (Å²) in [6.07, 6.45) is 1.78. The van der Waals surface area contributed by atoms with Gasteiger partial charge in [-0.05, 0) is 52.7 Å². The number of hydrogen-bond donors (Lipinski definition) is 3. The Morgan fingerprint density at radius 3 is 2.72 bits per heavy atom. The van der Waals surface area contributed by atoms with E-state index in [2.05, 4.69) is 20.6 Å². The lowest BCUT2D eigenvalue weighted by Gasteiger charge is -2.38. The highest BCUT2D eigenvalue weighted by atomic mass is 35.5. The average Bonchev–Trinajstić information content (AvgIpc) is 2.75. The van der Waals surface area contributed by atoms with Crippen LogP contribution in [0.25, 0.3) is 10.9 Å². The zero-order valence-electron chi connectivity index (χ0n) is 20.4. The summed E-state index contributed by atoms with van der Waals surface area (Å²) in [7, 11) is 0. The van der Waals surface area contributed by atoms with Crippen molar-refractivity contribution < 1.29 is 9.53 Å². The number of hydrogen-bond acceptors (Lipinski definition) is 9. The Labute approximate surface area is 212 Å². The minimum Gasteiger partial charge on any atom is -0.444 e. The van der Waals surface area contributed by atoms with Gasteiger partial charge in [0.05, 0.1) is 22.0 Å². The van der Waals surface area contributed by atoms with Gasteiger partial charge in [-0.2, -0.15) is 5.26 Å². The lowest BCUT2D eigenvalue weighted by atomic mass is 9.86. The number of fused-ring (bicyclic) bond motifs is 1. The summed E-state index contributed by atoms with van der Waals surface area (Å²) < 4.78 is 6.94. The first kappa shape index (κ1) is 25.2. The zero-order valence-corrected chi connectivity index (χ0v) is 21.1. The maximum Gasteiger partial charge on any atom is 0.407 e. The zero-order chi connectivity index (χ0) is 26.2. The number of nitrogens with two attached hydrogens (primary N) is 1. The topological polar surface area (TPSA) is 161 Å². The first-order chi connectivity index (χ1) is 17.0. The summed E-state index contributed by atoms with van der Waals surface area (Å²) in [6.45, 7) is 7.20. The number of anilines is 2. The number of nitrogen functional groups attached to an aromatic ring is 1. The number of halogens is 1. The molecule has 1 fully saturated rings. The minimum absolute atomic E-state index is 0.0490. The highest BCUT2D eigenvalue weighted by molar-refractivity contribution is 6.35. The molecular weight excluding hydrogens is 484 g/mol. The molecule has 12 heteroatoms. The third kappa shape index (κ3) is 5.04. The summed E-state index contributed by atoms with van der Waals surface area (Å²) in [4.78, 5) is 38.6. The molecule has 1 amide bonds. The molecule has 1 saturated carbocycles. The molecule has 3 aromatic rings. The van der Waals surface area contributed by atoms with Crippen LogP contribution in [0.15, 0.2) is 29.3 Å². The van der Waals surface area contributed by atoms with Crippen LogP contribution < -0.4 is 21.9 Å². The summed E-state index contributed by atoms with van der Waals surface area (Å²) in [5.74, 6) is 0.729. The predicted octanol–water partition coefficient (Wildman–Crippen LogP) is 3.70. The van der Waals surface area contributed by atoms with Gasteiger partial charge in [0, 0.05) is 12.1 Å². The van der Waals surface area contributed by atoms with E-state index >= 15 is 0 Å². The second-order valence-corrected chi connectivity index (χ2v) is 10.1. The van der Waals surface area contributed by atoms with E-state index in [1.54, 1.807) is 43.5 Å². The molecule has 2 aromatic heterocycles. The fourth-order valence-corrected chi connectivity index (χ4v) is 4.41. The van der Waals surface area contributed by atoms with Crippen LogP contribution in [0.2, 0.25) is 5.02 Å². The summed E-state index contributed by atoms with van der Waals surface area (Å²) >= 11 is 6.37. The molecule has 36 heavy (non-hydrogen) atoms. The number of benzene rings is 1. The number of rotatable bonds is 5. The quantitative estimate of drug-likeness (QED) is 0.464. The molecule has 0 aliphatic heterocycles. The lowest BCUT2D eigenvalue weighted by molar-refractivity contribution is 0.0454. The van der Waals surface area contributed by atoms with Crippen LogP contribution in [0.5, 0.6) is 0 Å². The molecule has 0 saturated heterocycles. The van der Waals surface area contributed by atoms with Crippen LogP contribution in [0, 0.1) is 11.3 Å². The monoisotopic (exact) mass is 510 g/mol. The number of carbonyl (C=O) groups is 1. The summed E-state index contributed by atoms with van der Waals surface area (Å²) in [5, 5.41) is 16.1. The Morgan fingerprint density at radius 1 is 1.33 bits per heavy atom. The van der Waals surface area contributed by atoms with Crippen molar-refractivity contribution in [3.05, 3.63) is 51.3 Å². The van der Waals surface area contributed by atoms with E-state index in [1.165, 1.54) is 6.33 Å². The van der Waals surface area contributed by atoms with Gasteiger partial charge in [0.1, 0.15) is 41.0 Å². The third-order valence-corrected chi connectivity index (χ3v) is 6.15. The largest absolute Gasteiger partial charge is 0.444 e. The fourth-order valence-electron chi connectivity index (χ4n) is 4.16. The van der Waals surface area contributed by atoms with Crippen LogP contribution in [0.1, 0.15) is 64.0 Å². The standard InChI is InChI=1S/C24H27ClN8O3/c1-12(30-20-15(10-26)19(27)28-11-29-20)21-32-17-7-5-6-16(25)18(17)22(34)33(21)14-8-13(9-14)31-23(35)36-24(2,3)4/h5-7,11-14H,8-9H2,1-4H3,(H,31,35)(H3,27,28,29,30)/t12-,13?,14?/m0/s1. The number of ether oxygens (including phenoxy) is 1. The molecule has 2 heterocycles. The Bertz CT molecular complexity index is 1420. The van der Waals surface area contributed by atoms with Gasteiger partial charge < -0.3 is 21.1 Å². The number of nitrogens with zero attached hydrogens (tertiary/aromatic N) is 5. The van der Waals surface area contributed by atoms with Gasteiger partial charge in [-0.1, -0.05) is 17.7 Å². The fraction of sp³-hybridized carbons (Fsp3) is 0.417. The first-order valence-electron chi connectivity index (χ1n) is 11.5. The molecule has 0 spiro atoms. The minimum atomic E-state index is -0.607. The van der Waals surface area contributed by atoms with Crippen LogP contribution in [-0.4, -0.2) is 37.3 Å². The van der Waals surface area contributed by atoms with Crippen LogP contribution >= 0.6 is 11.6 Å². The molecule has 188 valence electrons. The predicted molar refractivity (Wildman–Crippen MR) is 136 cm³/mol. The summed E-state index contributed by atoms with van der Waals surface area (Å²) in [6, 6.07) is 6.19. The molecule has 0 radical (unpaired) electrons. The van der Waals surface area contributed by atoms with Gasteiger partial charge in [-0.25, -0.2) is 19.7 Å². The molecule has 0 bridgehead atoms. The SMILES string of the molecule is C[C@H](Nc1ncnc(N)c1C#N)c1nc2cccc(Cl)c2c(=O)n1C1CC(NC(=O)OC(C)(C)C)C1. The van der Waals surface area contributed by atoms with Crippen molar-refractivity contribution in [1.82, 2.24) is 24.8 Å². The van der Waals surface area contributed by atoms with Crippen molar-refractivity contribution in [2.75, 3.05) is 11.1 Å². The van der Waals surface area contributed by atoms with E-state index in [9.17, 15) is 14.9 Å². The van der Waals surface area contributed by atoms with Crippen molar-refractivity contribution in [2.45, 2.75) is 64.3 Å². The Balaban J connectivity index is 1.67. The first-order valence-corrected chi connectivity index (χ1v) is 11.8. The van der Waals surface area contributed by atoms with Gasteiger partial charge in [0.25, 0.3) is 5.56 Å². The molecular formula is C24H27ClN8O3.